The van der Waals surface area contributed by atoms with E-state index in [-0.39, 0.29) is 6.04 Å². The van der Waals surface area contributed by atoms with Crippen LogP contribution in [0.4, 0.5) is 5.13 Å². The van der Waals surface area contributed by atoms with Crippen LogP contribution in [0, 0.1) is 6.92 Å². The van der Waals surface area contributed by atoms with Gasteiger partial charge in [0.15, 0.2) is 15.0 Å². The minimum Gasteiger partial charge on any atom is -0.357 e. The molecule has 0 amide bonds. The summed E-state index contributed by atoms with van der Waals surface area (Å²) in [6.07, 6.45) is 2.81. The van der Waals surface area contributed by atoms with Gasteiger partial charge in [0.05, 0.1) is 15.0 Å². The Morgan fingerprint density at radius 3 is 2.70 bits per heavy atom. The van der Waals surface area contributed by atoms with Crippen LogP contribution in [0.3, 0.4) is 0 Å². The quantitative estimate of drug-likeness (QED) is 0.943. The highest BCUT2D eigenvalue weighted by Gasteiger charge is 2.56. The molecule has 3 rings (SSSR count). The van der Waals surface area contributed by atoms with Gasteiger partial charge in [-0.25, -0.2) is 13.4 Å². The standard InChI is InChI=1S/C14H18N2O2S2/c1-9-4-5-12-11(8-9)16-13(19-12)15-10(2)14(6-7-14)20(3,17)18/h4-5,8,10H,6-7H2,1-3H3,(H,15,16). The van der Waals surface area contributed by atoms with E-state index in [0.29, 0.717) is 0 Å². The molecule has 0 radical (unpaired) electrons. The van der Waals surface area contributed by atoms with Gasteiger partial charge >= 0.3 is 0 Å². The predicted octanol–water partition coefficient (Wildman–Crippen LogP) is 2.98. The third-order valence-corrected chi connectivity index (χ3v) is 7.36. The number of aromatic nitrogens is 1. The smallest absolute Gasteiger partial charge is 0.184 e. The fourth-order valence-electron chi connectivity index (χ4n) is 2.66. The lowest BCUT2D eigenvalue weighted by molar-refractivity contribution is 0.568. The first-order valence-corrected chi connectivity index (χ1v) is 9.36. The molecule has 4 nitrogen and oxygen atoms in total. The minimum atomic E-state index is -3.03. The Morgan fingerprint density at radius 1 is 1.40 bits per heavy atom. The third kappa shape index (κ3) is 2.20. The van der Waals surface area contributed by atoms with Crippen molar-refractivity contribution >= 4 is 36.5 Å². The number of nitrogens with one attached hydrogen (secondary N) is 1. The Hall–Kier alpha value is -1.14. The molecule has 20 heavy (non-hydrogen) atoms. The number of fused-ring (bicyclic) bond motifs is 1. The lowest BCUT2D eigenvalue weighted by Crippen LogP contribution is -2.39. The second kappa shape index (κ2) is 4.43. The molecule has 1 N–H and O–H groups in total. The lowest BCUT2D eigenvalue weighted by atomic mass is 10.2. The molecule has 1 saturated carbocycles. The molecule has 6 heteroatoms. The van der Waals surface area contributed by atoms with Crippen molar-refractivity contribution in [1.82, 2.24) is 4.98 Å². The summed E-state index contributed by atoms with van der Waals surface area (Å²) >= 11 is 1.57. The number of hydrogen-bond donors (Lipinski definition) is 1. The zero-order valence-electron chi connectivity index (χ0n) is 11.8. The van der Waals surface area contributed by atoms with Crippen molar-refractivity contribution in [2.45, 2.75) is 37.5 Å². The predicted molar refractivity (Wildman–Crippen MR) is 84.3 cm³/mol. The first kappa shape index (κ1) is 13.8. The molecule has 0 saturated heterocycles. The maximum Gasteiger partial charge on any atom is 0.184 e. The van der Waals surface area contributed by atoms with Crippen LogP contribution in [0.15, 0.2) is 18.2 Å². The van der Waals surface area contributed by atoms with Crippen molar-refractivity contribution in [2.24, 2.45) is 0 Å². The van der Waals surface area contributed by atoms with E-state index in [9.17, 15) is 8.42 Å². The Bertz CT molecular complexity index is 761. The largest absolute Gasteiger partial charge is 0.357 e. The molecule has 1 heterocycles. The molecule has 0 aliphatic heterocycles. The highest BCUT2D eigenvalue weighted by molar-refractivity contribution is 7.92. The van der Waals surface area contributed by atoms with Gasteiger partial charge < -0.3 is 5.32 Å². The molecule has 1 atom stereocenters. The van der Waals surface area contributed by atoms with E-state index in [1.807, 2.05) is 19.9 Å². The SMILES string of the molecule is Cc1ccc2sc(NC(C)C3(S(C)(=O)=O)CC3)nc2c1. The summed E-state index contributed by atoms with van der Waals surface area (Å²) in [5, 5.41) is 4.09. The molecule has 1 fully saturated rings. The summed E-state index contributed by atoms with van der Waals surface area (Å²) in [6.45, 7) is 3.97. The van der Waals surface area contributed by atoms with Crippen molar-refractivity contribution < 1.29 is 8.42 Å². The van der Waals surface area contributed by atoms with Crippen molar-refractivity contribution in [2.75, 3.05) is 11.6 Å². The number of sulfone groups is 1. The number of nitrogens with zero attached hydrogens (tertiary/aromatic N) is 1. The summed E-state index contributed by atoms with van der Waals surface area (Å²) in [5.41, 5.74) is 2.14. The van der Waals surface area contributed by atoms with E-state index in [2.05, 4.69) is 22.4 Å². The maximum atomic E-state index is 11.9. The zero-order chi connectivity index (χ0) is 14.5. The van der Waals surface area contributed by atoms with Crippen LogP contribution in [0.25, 0.3) is 10.2 Å². The molecule has 1 aromatic carbocycles. The van der Waals surface area contributed by atoms with Crippen LogP contribution in [0.2, 0.25) is 0 Å². The number of anilines is 1. The second-order valence-electron chi connectivity index (χ2n) is 5.69. The number of rotatable bonds is 4. The molecule has 1 aliphatic rings. The summed E-state index contributed by atoms with van der Waals surface area (Å²) in [6, 6.07) is 6.05. The normalized spacial score (nSPS) is 18.9. The van der Waals surface area contributed by atoms with Gasteiger partial charge in [0.1, 0.15) is 0 Å². The Morgan fingerprint density at radius 2 is 2.10 bits per heavy atom. The van der Waals surface area contributed by atoms with E-state index >= 15 is 0 Å². The Kier molecular flexibility index (Phi) is 3.06. The highest BCUT2D eigenvalue weighted by Crippen LogP contribution is 2.47. The topological polar surface area (TPSA) is 59.1 Å². The average molecular weight is 310 g/mol. The molecule has 0 spiro atoms. The van der Waals surface area contributed by atoms with Gasteiger partial charge in [0.2, 0.25) is 0 Å². The molecule has 1 aromatic heterocycles. The molecule has 1 unspecified atom stereocenters. The van der Waals surface area contributed by atoms with Crippen LogP contribution < -0.4 is 5.32 Å². The van der Waals surface area contributed by atoms with Crippen LogP contribution in [0.5, 0.6) is 0 Å². The van der Waals surface area contributed by atoms with Crippen molar-refractivity contribution in [3.05, 3.63) is 23.8 Å². The molecule has 108 valence electrons. The molecular weight excluding hydrogens is 292 g/mol. The van der Waals surface area contributed by atoms with E-state index < -0.39 is 14.6 Å². The van der Waals surface area contributed by atoms with Crippen LogP contribution in [-0.4, -0.2) is 30.4 Å². The highest BCUT2D eigenvalue weighted by atomic mass is 32.2. The van der Waals surface area contributed by atoms with Crippen molar-refractivity contribution in [3.63, 3.8) is 0 Å². The third-order valence-electron chi connectivity index (χ3n) is 4.15. The summed E-state index contributed by atoms with van der Waals surface area (Å²) in [5.74, 6) is 0. The lowest BCUT2D eigenvalue weighted by Gasteiger charge is -2.22. The van der Waals surface area contributed by atoms with Crippen LogP contribution in [0.1, 0.15) is 25.3 Å². The molecular formula is C14H18N2O2S2. The van der Waals surface area contributed by atoms with Gasteiger partial charge in [-0.1, -0.05) is 17.4 Å². The first-order valence-electron chi connectivity index (χ1n) is 6.65. The van der Waals surface area contributed by atoms with Gasteiger partial charge in [-0.3, -0.25) is 0 Å². The van der Waals surface area contributed by atoms with E-state index in [1.165, 1.54) is 11.8 Å². The Labute approximate surface area is 123 Å². The van der Waals surface area contributed by atoms with Crippen LogP contribution in [-0.2, 0) is 9.84 Å². The average Bonchev–Trinajstić information content (AvgIpc) is 3.06. The monoisotopic (exact) mass is 310 g/mol. The molecule has 2 aromatic rings. The Balaban J connectivity index is 1.87. The van der Waals surface area contributed by atoms with Gasteiger partial charge in [-0.15, -0.1) is 0 Å². The second-order valence-corrected chi connectivity index (χ2v) is 9.08. The number of aryl methyl sites for hydroxylation is 1. The minimum absolute atomic E-state index is 0.112. The van der Waals surface area contributed by atoms with Crippen LogP contribution >= 0.6 is 11.3 Å². The van der Waals surface area contributed by atoms with Gasteiger partial charge in [0.25, 0.3) is 0 Å². The number of thiazole rings is 1. The summed E-state index contributed by atoms with van der Waals surface area (Å²) < 4.78 is 24.3. The van der Waals surface area contributed by atoms with Gasteiger partial charge in [-0.2, -0.15) is 0 Å². The maximum absolute atomic E-state index is 11.9. The fourth-order valence-corrected chi connectivity index (χ4v) is 5.14. The number of hydrogen-bond acceptors (Lipinski definition) is 5. The summed E-state index contributed by atoms with van der Waals surface area (Å²) in [4.78, 5) is 4.55. The number of benzene rings is 1. The van der Waals surface area contributed by atoms with Crippen molar-refractivity contribution in [3.8, 4) is 0 Å². The molecule has 0 bridgehead atoms. The van der Waals surface area contributed by atoms with Gasteiger partial charge in [0, 0.05) is 12.3 Å². The first-order chi connectivity index (χ1) is 9.32. The van der Waals surface area contributed by atoms with E-state index in [1.54, 1.807) is 11.3 Å². The molecule has 1 aliphatic carbocycles. The summed E-state index contributed by atoms with van der Waals surface area (Å²) in [7, 11) is -3.03. The fraction of sp³-hybridized carbons (Fsp3) is 0.500. The zero-order valence-corrected chi connectivity index (χ0v) is 13.4. The van der Waals surface area contributed by atoms with E-state index in [4.69, 9.17) is 0 Å². The van der Waals surface area contributed by atoms with Gasteiger partial charge in [-0.05, 0) is 44.4 Å². The van der Waals surface area contributed by atoms with E-state index in [0.717, 1.165) is 28.2 Å². The van der Waals surface area contributed by atoms with Crippen molar-refractivity contribution in [1.29, 1.82) is 0 Å².